The first-order valence-corrected chi connectivity index (χ1v) is 6.99. The van der Waals surface area contributed by atoms with Crippen LogP contribution in [0.4, 0.5) is 0 Å². The Morgan fingerprint density at radius 1 is 1.29 bits per heavy atom. The maximum Gasteiger partial charge on any atom is 0.247 e. The predicted molar refractivity (Wildman–Crippen MR) is 71.9 cm³/mol. The summed E-state index contributed by atoms with van der Waals surface area (Å²) in [5.74, 6) is 2.05. The summed E-state index contributed by atoms with van der Waals surface area (Å²) < 4.78 is 0. The zero-order valence-electron chi connectivity index (χ0n) is 10.1. The van der Waals surface area contributed by atoms with E-state index in [0.29, 0.717) is 0 Å². The summed E-state index contributed by atoms with van der Waals surface area (Å²) in [6, 6.07) is 9.59. The van der Waals surface area contributed by atoms with Crippen LogP contribution in [0.25, 0.3) is 0 Å². The van der Waals surface area contributed by atoms with E-state index >= 15 is 0 Å². The molecule has 17 heavy (non-hydrogen) atoms. The van der Waals surface area contributed by atoms with Gasteiger partial charge in [-0.2, -0.15) is 11.8 Å². The Bertz CT molecular complexity index is 386. The van der Waals surface area contributed by atoms with E-state index in [-0.39, 0.29) is 5.91 Å². The Morgan fingerprint density at radius 3 is 2.47 bits per heavy atom. The maximum absolute atomic E-state index is 12.4. The Morgan fingerprint density at radius 2 is 1.88 bits per heavy atom. The summed E-state index contributed by atoms with van der Waals surface area (Å²) in [6.45, 7) is 3.42. The highest BCUT2D eigenvalue weighted by Crippen LogP contribution is 2.22. The van der Waals surface area contributed by atoms with E-state index in [1.807, 2.05) is 47.0 Å². The minimum absolute atomic E-state index is 0.0315. The summed E-state index contributed by atoms with van der Waals surface area (Å²) in [7, 11) is 0. The van der Waals surface area contributed by atoms with Crippen molar-refractivity contribution in [2.24, 2.45) is 5.73 Å². The molecule has 1 saturated heterocycles. The minimum Gasteiger partial charge on any atom is -0.339 e. The summed E-state index contributed by atoms with van der Waals surface area (Å²) >= 11 is 1.89. The van der Waals surface area contributed by atoms with Crippen LogP contribution in [0, 0.1) is 0 Å². The molecular weight excluding hydrogens is 232 g/mol. The molecule has 1 atom stereocenters. The molecule has 0 aliphatic carbocycles. The Balaban J connectivity index is 2.17. The van der Waals surface area contributed by atoms with Gasteiger partial charge < -0.3 is 10.6 Å². The summed E-state index contributed by atoms with van der Waals surface area (Å²) in [5, 5.41) is 0. The van der Waals surface area contributed by atoms with Crippen LogP contribution < -0.4 is 5.73 Å². The smallest absolute Gasteiger partial charge is 0.247 e. The van der Waals surface area contributed by atoms with Crippen LogP contribution in [0.15, 0.2) is 30.3 Å². The monoisotopic (exact) mass is 250 g/mol. The third-order valence-electron chi connectivity index (χ3n) is 3.12. The van der Waals surface area contributed by atoms with Crippen LogP contribution in [0.1, 0.15) is 12.5 Å². The van der Waals surface area contributed by atoms with E-state index in [4.69, 9.17) is 5.73 Å². The lowest BCUT2D eigenvalue weighted by molar-refractivity contribution is -0.136. The minimum atomic E-state index is -0.913. The summed E-state index contributed by atoms with van der Waals surface area (Å²) in [5.41, 5.74) is 6.18. The number of nitrogens with two attached hydrogens (primary N) is 1. The lowest BCUT2D eigenvalue weighted by Crippen LogP contribution is -2.53. The van der Waals surface area contributed by atoms with E-state index < -0.39 is 5.54 Å². The van der Waals surface area contributed by atoms with Gasteiger partial charge in [-0.25, -0.2) is 0 Å². The van der Waals surface area contributed by atoms with E-state index in [1.54, 1.807) is 6.92 Å². The maximum atomic E-state index is 12.4. The average molecular weight is 250 g/mol. The second-order valence-electron chi connectivity index (χ2n) is 4.47. The molecule has 1 aliphatic rings. The number of hydrogen-bond acceptors (Lipinski definition) is 3. The molecule has 0 radical (unpaired) electrons. The number of thioether (sulfide) groups is 1. The van der Waals surface area contributed by atoms with Gasteiger partial charge in [0.15, 0.2) is 0 Å². The number of carbonyl (C=O) groups is 1. The normalized spacial score (nSPS) is 19.8. The number of amides is 1. The van der Waals surface area contributed by atoms with Gasteiger partial charge in [0.2, 0.25) is 5.91 Å². The van der Waals surface area contributed by atoms with Gasteiger partial charge >= 0.3 is 0 Å². The van der Waals surface area contributed by atoms with Crippen molar-refractivity contribution in [1.29, 1.82) is 0 Å². The van der Waals surface area contributed by atoms with Crippen LogP contribution >= 0.6 is 11.8 Å². The molecule has 3 nitrogen and oxygen atoms in total. The van der Waals surface area contributed by atoms with E-state index in [0.717, 1.165) is 30.2 Å². The lowest BCUT2D eigenvalue weighted by atomic mass is 9.91. The van der Waals surface area contributed by atoms with E-state index in [9.17, 15) is 4.79 Å². The van der Waals surface area contributed by atoms with Crippen LogP contribution in [0.5, 0.6) is 0 Å². The molecule has 1 aromatic carbocycles. The van der Waals surface area contributed by atoms with Gasteiger partial charge in [-0.15, -0.1) is 0 Å². The van der Waals surface area contributed by atoms with Crippen LogP contribution in [-0.2, 0) is 10.3 Å². The second-order valence-corrected chi connectivity index (χ2v) is 5.70. The molecule has 92 valence electrons. The van der Waals surface area contributed by atoms with Crippen molar-refractivity contribution in [3.05, 3.63) is 35.9 Å². The topological polar surface area (TPSA) is 46.3 Å². The third kappa shape index (κ3) is 2.64. The van der Waals surface area contributed by atoms with Gasteiger partial charge in [-0.3, -0.25) is 4.79 Å². The Labute approximate surface area is 106 Å². The fourth-order valence-corrected chi connectivity index (χ4v) is 2.91. The third-order valence-corrected chi connectivity index (χ3v) is 4.06. The molecule has 2 rings (SSSR count). The zero-order valence-corrected chi connectivity index (χ0v) is 10.9. The SMILES string of the molecule is CC(N)(C(=O)N1CCSCC1)c1ccccc1. The first-order chi connectivity index (χ1) is 8.12. The van der Waals surface area contributed by atoms with Gasteiger partial charge in [0.1, 0.15) is 5.54 Å². The van der Waals surface area contributed by atoms with Crippen LogP contribution in [0.2, 0.25) is 0 Å². The molecule has 0 spiro atoms. The van der Waals surface area contributed by atoms with Crippen molar-refractivity contribution in [2.45, 2.75) is 12.5 Å². The van der Waals surface area contributed by atoms with E-state index in [1.165, 1.54) is 0 Å². The number of rotatable bonds is 2. The molecule has 2 N–H and O–H groups in total. The summed E-state index contributed by atoms with van der Waals surface area (Å²) in [4.78, 5) is 14.3. The van der Waals surface area contributed by atoms with Crippen molar-refractivity contribution in [1.82, 2.24) is 4.90 Å². The standard InChI is InChI=1S/C13H18N2OS/c1-13(14,11-5-3-2-4-6-11)12(16)15-7-9-17-10-8-15/h2-6H,7-10,14H2,1H3. The molecule has 1 heterocycles. The van der Waals surface area contributed by atoms with Gasteiger partial charge in [-0.1, -0.05) is 30.3 Å². The van der Waals surface area contributed by atoms with Crippen molar-refractivity contribution < 1.29 is 4.79 Å². The quantitative estimate of drug-likeness (QED) is 0.864. The van der Waals surface area contributed by atoms with Gasteiger partial charge in [0, 0.05) is 24.6 Å². The van der Waals surface area contributed by atoms with Gasteiger partial charge in [0.25, 0.3) is 0 Å². The first kappa shape index (κ1) is 12.5. The highest BCUT2D eigenvalue weighted by molar-refractivity contribution is 7.99. The number of nitrogens with zero attached hydrogens (tertiary/aromatic N) is 1. The van der Waals surface area contributed by atoms with Crippen molar-refractivity contribution in [3.8, 4) is 0 Å². The van der Waals surface area contributed by atoms with Crippen LogP contribution in [-0.4, -0.2) is 35.4 Å². The molecule has 4 heteroatoms. The number of carbonyl (C=O) groups excluding carboxylic acids is 1. The number of benzene rings is 1. The van der Waals surface area contributed by atoms with Gasteiger partial charge in [0.05, 0.1) is 0 Å². The average Bonchev–Trinajstić information content (AvgIpc) is 2.40. The molecule has 1 unspecified atom stereocenters. The second kappa shape index (κ2) is 5.10. The Kier molecular flexibility index (Phi) is 3.74. The molecular formula is C13H18N2OS. The predicted octanol–water partition coefficient (Wildman–Crippen LogP) is 1.44. The summed E-state index contributed by atoms with van der Waals surface area (Å²) in [6.07, 6.45) is 0. The van der Waals surface area contributed by atoms with Gasteiger partial charge in [-0.05, 0) is 12.5 Å². The molecule has 0 saturated carbocycles. The molecule has 0 bridgehead atoms. The highest BCUT2D eigenvalue weighted by atomic mass is 32.2. The van der Waals surface area contributed by atoms with E-state index in [2.05, 4.69) is 0 Å². The van der Waals surface area contributed by atoms with Crippen molar-refractivity contribution >= 4 is 17.7 Å². The highest BCUT2D eigenvalue weighted by Gasteiger charge is 2.34. The molecule has 1 fully saturated rings. The molecule has 1 amide bonds. The molecule has 0 aromatic heterocycles. The first-order valence-electron chi connectivity index (χ1n) is 5.84. The molecule has 1 aliphatic heterocycles. The van der Waals surface area contributed by atoms with Crippen molar-refractivity contribution in [3.63, 3.8) is 0 Å². The Hall–Kier alpha value is -1.00. The molecule has 1 aromatic rings. The zero-order chi connectivity index (χ0) is 12.3. The largest absolute Gasteiger partial charge is 0.339 e. The fraction of sp³-hybridized carbons (Fsp3) is 0.462. The number of hydrogen-bond donors (Lipinski definition) is 1. The van der Waals surface area contributed by atoms with Crippen LogP contribution in [0.3, 0.4) is 0 Å². The fourth-order valence-electron chi connectivity index (χ4n) is 2.00. The van der Waals surface area contributed by atoms with Crippen molar-refractivity contribution in [2.75, 3.05) is 24.6 Å². The lowest BCUT2D eigenvalue weighted by Gasteiger charge is -2.34.